The van der Waals surface area contributed by atoms with E-state index in [-0.39, 0.29) is 18.4 Å². The normalized spacial score (nSPS) is 13.0. The highest BCUT2D eigenvalue weighted by Crippen LogP contribution is 2.41. The smallest absolute Gasteiger partial charge is 0.303 e. The summed E-state index contributed by atoms with van der Waals surface area (Å²) in [6.45, 7) is 12.9. The number of rotatable bonds is 16. The number of hydrogen-bond acceptors (Lipinski definition) is 4. The highest BCUT2D eigenvalue weighted by Gasteiger charge is 2.31. The zero-order valence-electron chi connectivity index (χ0n) is 23.8. The molecule has 37 heavy (non-hydrogen) atoms. The van der Waals surface area contributed by atoms with Crippen molar-refractivity contribution in [3.63, 3.8) is 0 Å². The van der Waals surface area contributed by atoms with Crippen molar-refractivity contribution in [1.29, 1.82) is 0 Å². The van der Waals surface area contributed by atoms with Gasteiger partial charge in [-0.15, -0.1) is 0 Å². The standard InChI is InChI=1S/C32H48O5/c1-7-31(36,8-2)19-18-25-14-15-26(20-23(25)5)32(9-3,10-4)27-16-17-29(24(6)21-27)37-22-28(33)12-11-13-30(34)35/h14-17,20-21,28,33,36H,7-13,18-19,22H2,1-6H3,(H,34,35)/t28-/m0/s1. The molecule has 206 valence electrons. The summed E-state index contributed by atoms with van der Waals surface area (Å²) in [6, 6.07) is 13.2. The first kappa shape index (κ1) is 30.9. The van der Waals surface area contributed by atoms with E-state index in [9.17, 15) is 15.0 Å². The Hall–Kier alpha value is -2.37. The van der Waals surface area contributed by atoms with Crippen molar-refractivity contribution in [2.75, 3.05) is 6.61 Å². The van der Waals surface area contributed by atoms with Crippen molar-refractivity contribution in [2.45, 2.75) is 116 Å². The van der Waals surface area contributed by atoms with Crippen LogP contribution in [-0.2, 0) is 16.6 Å². The van der Waals surface area contributed by atoms with E-state index in [1.165, 1.54) is 22.3 Å². The lowest BCUT2D eigenvalue weighted by Crippen LogP contribution is -2.28. The van der Waals surface area contributed by atoms with Gasteiger partial charge in [0.15, 0.2) is 0 Å². The van der Waals surface area contributed by atoms with E-state index < -0.39 is 17.7 Å². The molecular formula is C32H48O5. The molecule has 0 fully saturated rings. The third kappa shape index (κ3) is 8.05. The SMILES string of the molecule is CCC(O)(CC)CCc1ccc(C(CC)(CC)c2ccc(OC[C@@H](O)CCCC(=O)O)c(C)c2)cc1C. The number of aliphatic carboxylic acids is 1. The molecule has 3 N–H and O–H groups in total. The minimum absolute atomic E-state index is 0.0566. The number of carbonyl (C=O) groups is 1. The lowest BCUT2D eigenvalue weighted by atomic mass is 9.69. The molecule has 0 saturated heterocycles. The Bertz CT molecular complexity index is 1000. The van der Waals surface area contributed by atoms with Crippen molar-refractivity contribution >= 4 is 5.97 Å². The van der Waals surface area contributed by atoms with Gasteiger partial charge in [0.2, 0.25) is 0 Å². The number of aryl methyl sites for hydroxylation is 3. The number of benzene rings is 2. The van der Waals surface area contributed by atoms with Crippen LogP contribution < -0.4 is 4.74 Å². The van der Waals surface area contributed by atoms with Crippen LogP contribution in [0.5, 0.6) is 5.75 Å². The molecule has 2 rings (SSSR count). The van der Waals surface area contributed by atoms with Crippen LogP contribution in [0.3, 0.4) is 0 Å². The second kappa shape index (κ2) is 14.0. The molecule has 1 atom stereocenters. The lowest BCUT2D eigenvalue weighted by Gasteiger charge is -2.34. The Labute approximate surface area is 223 Å². The number of carboxylic acids is 1. The summed E-state index contributed by atoms with van der Waals surface area (Å²) in [7, 11) is 0. The van der Waals surface area contributed by atoms with Gasteiger partial charge in [0.25, 0.3) is 0 Å². The molecule has 5 nitrogen and oxygen atoms in total. The largest absolute Gasteiger partial charge is 0.491 e. The fourth-order valence-electron chi connectivity index (χ4n) is 5.35. The molecule has 5 heteroatoms. The van der Waals surface area contributed by atoms with Crippen LogP contribution in [0.1, 0.15) is 107 Å². The zero-order valence-corrected chi connectivity index (χ0v) is 23.8. The van der Waals surface area contributed by atoms with Crippen LogP contribution in [0.2, 0.25) is 0 Å². The van der Waals surface area contributed by atoms with E-state index >= 15 is 0 Å². The maximum atomic E-state index is 10.7. The van der Waals surface area contributed by atoms with E-state index in [2.05, 4.69) is 65.0 Å². The van der Waals surface area contributed by atoms with Crippen molar-refractivity contribution < 1.29 is 24.9 Å². The highest BCUT2D eigenvalue weighted by atomic mass is 16.5. The van der Waals surface area contributed by atoms with Gasteiger partial charge in [-0.25, -0.2) is 0 Å². The zero-order chi connectivity index (χ0) is 27.6. The van der Waals surface area contributed by atoms with Crippen LogP contribution in [0, 0.1) is 13.8 Å². The van der Waals surface area contributed by atoms with Gasteiger partial charge in [-0.1, -0.05) is 58.0 Å². The summed E-state index contributed by atoms with van der Waals surface area (Å²) < 4.78 is 5.89. The van der Waals surface area contributed by atoms with Crippen LogP contribution in [0.25, 0.3) is 0 Å². The lowest BCUT2D eigenvalue weighted by molar-refractivity contribution is -0.137. The second-order valence-electron chi connectivity index (χ2n) is 10.6. The number of ether oxygens (including phenoxy) is 1. The molecule has 0 aliphatic carbocycles. The van der Waals surface area contributed by atoms with Crippen molar-refractivity contribution in [1.82, 2.24) is 0 Å². The second-order valence-corrected chi connectivity index (χ2v) is 10.6. The van der Waals surface area contributed by atoms with E-state index in [1.54, 1.807) is 0 Å². The van der Waals surface area contributed by atoms with E-state index in [0.717, 1.165) is 49.8 Å². The maximum Gasteiger partial charge on any atom is 0.303 e. The van der Waals surface area contributed by atoms with Crippen LogP contribution in [-0.4, -0.2) is 39.6 Å². The molecule has 0 aliphatic rings. The molecule has 0 spiro atoms. The predicted molar refractivity (Wildman–Crippen MR) is 151 cm³/mol. The van der Waals surface area contributed by atoms with Crippen LogP contribution in [0.4, 0.5) is 0 Å². The van der Waals surface area contributed by atoms with Gasteiger partial charge in [0.05, 0.1) is 11.7 Å². The van der Waals surface area contributed by atoms with Gasteiger partial charge in [0.1, 0.15) is 12.4 Å². The highest BCUT2D eigenvalue weighted by molar-refractivity contribution is 5.66. The molecule has 0 aromatic heterocycles. The summed E-state index contributed by atoms with van der Waals surface area (Å²) in [4.78, 5) is 10.7. The quantitative estimate of drug-likeness (QED) is 0.228. The summed E-state index contributed by atoms with van der Waals surface area (Å²) in [6.07, 6.45) is 5.36. The predicted octanol–water partition coefficient (Wildman–Crippen LogP) is 6.89. The van der Waals surface area contributed by atoms with Crippen LogP contribution >= 0.6 is 0 Å². The third-order valence-corrected chi connectivity index (χ3v) is 8.36. The Morgan fingerprint density at radius 1 is 0.919 bits per heavy atom. The van der Waals surface area contributed by atoms with Crippen molar-refractivity contribution in [2.24, 2.45) is 0 Å². The minimum atomic E-state index is -0.847. The summed E-state index contributed by atoms with van der Waals surface area (Å²) in [5.41, 5.74) is 5.45. The van der Waals surface area contributed by atoms with E-state index in [1.807, 2.05) is 13.0 Å². The first-order valence-corrected chi connectivity index (χ1v) is 14.0. The summed E-state index contributed by atoms with van der Waals surface area (Å²) >= 11 is 0. The average molecular weight is 513 g/mol. The van der Waals surface area contributed by atoms with Gasteiger partial charge in [0, 0.05) is 11.8 Å². The molecule has 2 aromatic rings. The first-order valence-electron chi connectivity index (χ1n) is 14.0. The Morgan fingerprint density at radius 2 is 1.51 bits per heavy atom. The van der Waals surface area contributed by atoms with Crippen LogP contribution in [0.15, 0.2) is 36.4 Å². The van der Waals surface area contributed by atoms with E-state index in [4.69, 9.17) is 9.84 Å². The van der Waals surface area contributed by atoms with Gasteiger partial charge >= 0.3 is 5.97 Å². The van der Waals surface area contributed by atoms with Gasteiger partial charge < -0.3 is 20.1 Å². The number of carboxylic acid groups (broad SMARTS) is 1. The Morgan fingerprint density at radius 3 is 2.03 bits per heavy atom. The molecule has 0 amide bonds. The minimum Gasteiger partial charge on any atom is -0.491 e. The van der Waals surface area contributed by atoms with Gasteiger partial charge in [-0.05, 0) is 99.1 Å². The summed E-state index contributed by atoms with van der Waals surface area (Å²) in [5, 5.41) is 29.6. The van der Waals surface area contributed by atoms with Gasteiger partial charge in [-0.3, -0.25) is 4.79 Å². The maximum absolute atomic E-state index is 10.7. The fourth-order valence-corrected chi connectivity index (χ4v) is 5.35. The molecule has 0 heterocycles. The molecule has 2 aromatic carbocycles. The third-order valence-electron chi connectivity index (χ3n) is 8.36. The topological polar surface area (TPSA) is 87.0 Å². The van der Waals surface area contributed by atoms with Crippen molar-refractivity contribution in [3.8, 4) is 5.75 Å². The molecule has 0 bridgehead atoms. The Kier molecular flexibility index (Phi) is 11.6. The summed E-state index contributed by atoms with van der Waals surface area (Å²) in [5.74, 6) is -0.104. The molecule has 0 radical (unpaired) electrons. The number of aliphatic hydroxyl groups is 2. The molecule has 0 unspecified atom stereocenters. The number of hydrogen-bond donors (Lipinski definition) is 3. The molecular weight excluding hydrogens is 464 g/mol. The molecule has 0 saturated carbocycles. The van der Waals surface area contributed by atoms with Crippen molar-refractivity contribution in [3.05, 3.63) is 64.2 Å². The fraction of sp³-hybridized carbons (Fsp3) is 0.594. The number of aliphatic hydroxyl groups excluding tert-OH is 1. The first-order chi connectivity index (χ1) is 17.5. The van der Waals surface area contributed by atoms with E-state index in [0.29, 0.717) is 12.8 Å². The molecule has 0 aliphatic heterocycles. The Balaban J connectivity index is 2.21. The average Bonchev–Trinajstić information content (AvgIpc) is 2.88. The monoisotopic (exact) mass is 512 g/mol. The van der Waals surface area contributed by atoms with Gasteiger partial charge in [-0.2, -0.15) is 0 Å².